The number of nitrogens with zero attached hydrogens (tertiary/aromatic N) is 2. The number of benzene rings is 2. The summed E-state index contributed by atoms with van der Waals surface area (Å²) in [5.74, 6) is 0.451. The van der Waals surface area contributed by atoms with Gasteiger partial charge in [0.2, 0.25) is 0 Å². The van der Waals surface area contributed by atoms with Crippen LogP contribution in [0.1, 0.15) is 11.1 Å². The highest BCUT2D eigenvalue weighted by molar-refractivity contribution is 7.98. The molecule has 2 aromatic heterocycles. The van der Waals surface area contributed by atoms with Crippen LogP contribution in [-0.4, -0.2) is 19.7 Å². The Morgan fingerprint density at radius 1 is 0.929 bits per heavy atom. The Balaban J connectivity index is 1.80. The molecule has 28 heavy (non-hydrogen) atoms. The molecule has 2 N–H and O–H groups in total. The molecule has 0 unspecified atom stereocenters. The summed E-state index contributed by atoms with van der Waals surface area (Å²) in [6, 6.07) is 15.0. The molecule has 0 aliphatic heterocycles. The first kappa shape index (κ1) is 18.9. The van der Waals surface area contributed by atoms with Crippen molar-refractivity contribution in [2.24, 2.45) is 0 Å². The Hall–Kier alpha value is -2.48. The van der Waals surface area contributed by atoms with E-state index in [1.165, 1.54) is 11.8 Å². The molecule has 0 bridgehead atoms. The van der Waals surface area contributed by atoms with Crippen LogP contribution >= 0.6 is 35.0 Å². The third-order valence-corrected chi connectivity index (χ3v) is 5.95. The quantitative estimate of drug-likeness (QED) is 0.465. The molecule has 0 aliphatic rings. The summed E-state index contributed by atoms with van der Waals surface area (Å²) in [5.41, 5.74) is 1.25. The second-order valence-corrected chi connectivity index (χ2v) is 7.82. The van der Waals surface area contributed by atoms with E-state index in [4.69, 9.17) is 23.2 Å². The molecule has 0 radical (unpaired) electrons. The van der Waals surface area contributed by atoms with Gasteiger partial charge in [-0.1, -0.05) is 71.4 Å². The lowest BCUT2D eigenvalue weighted by molar-refractivity contribution is 0.727. The van der Waals surface area contributed by atoms with E-state index in [9.17, 15) is 9.59 Å². The average molecular weight is 433 g/mol. The van der Waals surface area contributed by atoms with Gasteiger partial charge in [-0.05, 0) is 23.3 Å². The smallest absolute Gasteiger partial charge is 0.290 e. The van der Waals surface area contributed by atoms with Crippen molar-refractivity contribution >= 4 is 46.0 Å². The molecule has 0 saturated carbocycles. The molecular formula is C19H14Cl2N4O2S. The molecule has 9 heteroatoms. The van der Waals surface area contributed by atoms with Crippen LogP contribution in [0, 0.1) is 0 Å². The lowest BCUT2D eigenvalue weighted by Gasteiger charge is -2.10. The van der Waals surface area contributed by atoms with Crippen molar-refractivity contribution in [1.29, 1.82) is 0 Å². The summed E-state index contributed by atoms with van der Waals surface area (Å²) < 4.78 is 1.74. The number of aromatic amines is 2. The number of hydrogen-bond acceptors (Lipinski definition) is 4. The fourth-order valence-corrected chi connectivity index (χ4v) is 4.62. The zero-order valence-corrected chi connectivity index (χ0v) is 16.7. The van der Waals surface area contributed by atoms with E-state index < -0.39 is 11.1 Å². The first-order valence-corrected chi connectivity index (χ1v) is 10.1. The minimum absolute atomic E-state index is 0.104. The van der Waals surface area contributed by atoms with E-state index in [1.807, 2.05) is 30.3 Å². The van der Waals surface area contributed by atoms with Gasteiger partial charge in [0.1, 0.15) is 5.52 Å². The van der Waals surface area contributed by atoms with Crippen LogP contribution in [0.3, 0.4) is 0 Å². The van der Waals surface area contributed by atoms with E-state index in [1.54, 1.807) is 22.8 Å². The van der Waals surface area contributed by atoms with Crippen molar-refractivity contribution in [3.63, 3.8) is 0 Å². The van der Waals surface area contributed by atoms with Crippen molar-refractivity contribution in [3.05, 3.63) is 90.4 Å². The van der Waals surface area contributed by atoms with Gasteiger partial charge in [-0.3, -0.25) is 19.8 Å². The van der Waals surface area contributed by atoms with Crippen LogP contribution in [0.2, 0.25) is 10.0 Å². The Morgan fingerprint density at radius 2 is 1.61 bits per heavy atom. The molecule has 0 aliphatic carbocycles. The van der Waals surface area contributed by atoms with E-state index >= 15 is 0 Å². The number of rotatable bonds is 5. The Bertz CT molecular complexity index is 1240. The van der Waals surface area contributed by atoms with Crippen LogP contribution in [0.15, 0.2) is 63.3 Å². The fourth-order valence-electron chi connectivity index (χ4n) is 2.88. The molecule has 0 amide bonds. The highest BCUT2D eigenvalue weighted by atomic mass is 35.5. The highest BCUT2D eigenvalue weighted by Crippen LogP contribution is 2.32. The Labute approximate surface area is 173 Å². The standard InChI is InChI=1S/C19H14Cl2N4O2S/c20-13-7-4-8-14(21)12(13)10-28-19-22-15-16(18(27)24-23-17(15)26)25(19)9-11-5-2-1-3-6-11/h1-8H,9-10H2,(H,23,26)(H,24,27). The topological polar surface area (TPSA) is 83.5 Å². The lowest BCUT2D eigenvalue weighted by atomic mass is 10.2. The van der Waals surface area contributed by atoms with Crippen molar-refractivity contribution < 1.29 is 0 Å². The van der Waals surface area contributed by atoms with Crippen LogP contribution in [0.5, 0.6) is 0 Å². The number of hydrogen-bond donors (Lipinski definition) is 2. The largest absolute Gasteiger partial charge is 0.310 e. The minimum atomic E-state index is -0.445. The summed E-state index contributed by atoms with van der Waals surface area (Å²) in [6.45, 7) is 0.405. The van der Waals surface area contributed by atoms with E-state index in [0.717, 1.165) is 11.1 Å². The first-order chi connectivity index (χ1) is 13.5. The third-order valence-electron chi connectivity index (χ3n) is 4.24. The van der Waals surface area contributed by atoms with Gasteiger partial charge in [-0.2, -0.15) is 0 Å². The Morgan fingerprint density at radius 3 is 2.32 bits per heavy atom. The molecule has 142 valence electrons. The lowest BCUT2D eigenvalue weighted by Crippen LogP contribution is -2.20. The second kappa shape index (κ2) is 7.87. The van der Waals surface area contributed by atoms with Crippen LogP contribution in [0.25, 0.3) is 11.0 Å². The van der Waals surface area contributed by atoms with Crippen molar-refractivity contribution in [2.45, 2.75) is 17.5 Å². The van der Waals surface area contributed by atoms with Crippen LogP contribution < -0.4 is 11.1 Å². The minimum Gasteiger partial charge on any atom is -0.310 e. The second-order valence-electron chi connectivity index (χ2n) is 6.06. The summed E-state index contributed by atoms with van der Waals surface area (Å²) in [6.07, 6.45) is 0. The van der Waals surface area contributed by atoms with Gasteiger partial charge in [0.25, 0.3) is 11.1 Å². The maximum atomic E-state index is 12.4. The maximum absolute atomic E-state index is 12.4. The number of H-pyrrole nitrogens is 2. The Kier molecular flexibility index (Phi) is 5.30. The fraction of sp³-hybridized carbons (Fsp3) is 0.105. The summed E-state index contributed by atoms with van der Waals surface area (Å²) in [5, 5.41) is 6.34. The molecule has 2 aromatic carbocycles. The molecule has 4 aromatic rings. The molecule has 6 nitrogen and oxygen atoms in total. The number of aromatic nitrogens is 4. The van der Waals surface area contributed by atoms with Gasteiger partial charge < -0.3 is 4.57 Å². The number of thioether (sulfide) groups is 1. The van der Waals surface area contributed by atoms with Crippen molar-refractivity contribution in [2.75, 3.05) is 0 Å². The number of halogens is 2. The molecule has 4 rings (SSSR count). The molecule has 0 saturated heterocycles. The average Bonchev–Trinajstić information content (AvgIpc) is 3.05. The monoisotopic (exact) mass is 432 g/mol. The summed E-state index contributed by atoms with van der Waals surface area (Å²) in [4.78, 5) is 29.0. The third kappa shape index (κ3) is 3.61. The predicted octanol–water partition coefficient (Wildman–Crippen LogP) is 4.06. The predicted molar refractivity (Wildman–Crippen MR) is 113 cm³/mol. The first-order valence-electron chi connectivity index (χ1n) is 8.35. The van der Waals surface area contributed by atoms with E-state index in [0.29, 0.717) is 27.5 Å². The summed E-state index contributed by atoms with van der Waals surface area (Å²) in [7, 11) is 0. The zero-order valence-electron chi connectivity index (χ0n) is 14.4. The van der Waals surface area contributed by atoms with Gasteiger partial charge in [-0.15, -0.1) is 0 Å². The van der Waals surface area contributed by atoms with Crippen molar-refractivity contribution in [3.8, 4) is 0 Å². The van der Waals surface area contributed by atoms with E-state index in [-0.39, 0.29) is 11.0 Å². The highest BCUT2D eigenvalue weighted by Gasteiger charge is 2.18. The molecule has 0 fully saturated rings. The molecular weight excluding hydrogens is 419 g/mol. The SMILES string of the molecule is O=c1[nH][nH]c(=O)c2c1nc(SCc1c(Cl)cccc1Cl)n2Cc1ccccc1. The molecule has 0 atom stereocenters. The number of imidazole rings is 1. The van der Waals surface area contributed by atoms with Gasteiger partial charge >= 0.3 is 0 Å². The maximum Gasteiger partial charge on any atom is 0.290 e. The number of fused-ring (bicyclic) bond motifs is 1. The zero-order chi connectivity index (χ0) is 19.7. The normalized spacial score (nSPS) is 11.2. The van der Waals surface area contributed by atoms with Crippen LogP contribution in [-0.2, 0) is 12.3 Å². The van der Waals surface area contributed by atoms with Gasteiger partial charge in [0.05, 0.1) is 6.54 Å². The summed E-state index contributed by atoms with van der Waals surface area (Å²) >= 11 is 13.9. The van der Waals surface area contributed by atoms with Gasteiger partial charge in [0.15, 0.2) is 10.7 Å². The van der Waals surface area contributed by atoms with Crippen LogP contribution in [0.4, 0.5) is 0 Å². The van der Waals surface area contributed by atoms with E-state index in [2.05, 4.69) is 15.2 Å². The molecule has 0 spiro atoms. The van der Waals surface area contributed by atoms with Gasteiger partial charge in [-0.25, -0.2) is 4.98 Å². The molecule has 2 heterocycles. The number of nitrogens with one attached hydrogen (secondary N) is 2. The van der Waals surface area contributed by atoms with Gasteiger partial charge in [0, 0.05) is 15.8 Å². The van der Waals surface area contributed by atoms with Crippen molar-refractivity contribution in [1.82, 2.24) is 19.7 Å².